The van der Waals surface area contributed by atoms with Crippen molar-refractivity contribution < 1.29 is 4.39 Å². The molecule has 0 spiro atoms. The fourth-order valence-electron chi connectivity index (χ4n) is 2.27. The lowest BCUT2D eigenvalue weighted by molar-refractivity contribution is 0.619. The van der Waals surface area contributed by atoms with Gasteiger partial charge in [0.25, 0.3) is 0 Å². The standard InChI is InChI=1S/C16H15FN4/c1-10-5-3-4-6-14(10)21-16(18)15(19-20-21)12-7-8-13(17)11(2)9-12/h3-9H,18H2,1-2H3. The Bertz CT molecular complexity index is 808. The Labute approximate surface area is 122 Å². The van der Waals surface area contributed by atoms with Gasteiger partial charge in [0.1, 0.15) is 11.5 Å². The fraction of sp³-hybridized carbons (Fsp3) is 0.125. The molecular weight excluding hydrogens is 267 g/mol. The van der Waals surface area contributed by atoms with E-state index in [0.29, 0.717) is 17.1 Å². The molecule has 0 aliphatic rings. The number of nitrogens with zero attached hydrogens (tertiary/aromatic N) is 3. The molecule has 2 N–H and O–H groups in total. The number of para-hydroxylation sites is 1. The van der Waals surface area contributed by atoms with Gasteiger partial charge in [0.05, 0.1) is 5.69 Å². The Morgan fingerprint density at radius 1 is 1.05 bits per heavy atom. The fourth-order valence-corrected chi connectivity index (χ4v) is 2.27. The average Bonchev–Trinajstić information content (AvgIpc) is 2.84. The Balaban J connectivity index is 2.11. The van der Waals surface area contributed by atoms with Crippen LogP contribution in [0.1, 0.15) is 11.1 Å². The van der Waals surface area contributed by atoms with Crippen LogP contribution in [0.15, 0.2) is 42.5 Å². The van der Waals surface area contributed by atoms with Gasteiger partial charge in [0.15, 0.2) is 5.82 Å². The van der Waals surface area contributed by atoms with Crippen molar-refractivity contribution >= 4 is 5.82 Å². The maximum Gasteiger partial charge on any atom is 0.155 e. The minimum absolute atomic E-state index is 0.247. The zero-order valence-electron chi connectivity index (χ0n) is 11.8. The molecule has 5 heteroatoms. The molecule has 3 rings (SSSR count). The Kier molecular flexibility index (Phi) is 3.17. The highest BCUT2D eigenvalue weighted by Gasteiger charge is 2.14. The first kappa shape index (κ1) is 13.3. The van der Waals surface area contributed by atoms with Crippen LogP contribution < -0.4 is 5.73 Å². The number of anilines is 1. The molecule has 3 aromatic rings. The van der Waals surface area contributed by atoms with E-state index in [9.17, 15) is 4.39 Å². The van der Waals surface area contributed by atoms with Gasteiger partial charge in [0.2, 0.25) is 0 Å². The van der Waals surface area contributed by atoms with Crippen LogP contribution in [0.3, 0.4) is 0 Å². The topological polar surface area (TPSA) is 56.7 Å². The van der Waals surface area contributed by atoms with Crippen molar-refractivity contribution in [1.29, 1.82) is 0 Å². The van der Waals surface area contributed by atoms with Crippen LogP contribution >= 0.6 is 0 Å². The highest BCUT2D eigenvalue weighted by Crippen LogP contribution is 2.27. The lowest BCUT2D eigenvalue weighted by Gasteiger charge is -2.07. The summed E-state index contributed by atoms with van der Waals surface area (Å²) in [6, 6.07) is 12.6. The van der Waals surface area contributed by atoms with Gasteiger partial charge in [-0.2, -0.15) is 4.68 Å². The van der Waals surface area contributed by atoms with E-state index >= 15 is 0 Å². The smallest absolute Gasteiger partial charge is 0.155 e. The second-order valence-corrected chi connectivity index (χ2v) is 4.99. The summed E-state index contributed by atoms with van der Waals surface area (Å²) < 4.78 is 15.0. The number of nitrogens with two attached hydrogens (primary N) is 1. The van der Waals surface area contributed by atoms with E-state index in [0.717, 1.165) is 16.8 Å². The SMILES string of the molecule is Cc1cc(-c2nnn(-c3ccccc3C)c2N)ccc1F. The van der Waals surface area contributed by atoms with Gasteiger partial charge in [-0.3, -0.25) is 0 Å². The van der Waals surface area contributed by atoms with Crippen molar-refractivity contribution in [1.82, 2.24) is 15.0 Å². The van der Waals surface area contributed by atoms with E-state index in [-0.39, 0.29) is 5.82 Å². The van der Waals surface area contributed by atoms with Crippen LogP contribution in [-0.4, -0.2) is 15.0 Å². The molecule has 1 aromatic heterocycles. The van der Waals surface area contributed by atoms with Crippen LogP contribution in [0.2, 0.25) is 0 Å². The summed E-state index contributed by atoms with van der Waals surface area (Å²) in [7, 11) is 0. The summed E-state index contributed by atoms with van der Waals surface area (Å²) in [4.78, 5) is 0. The lowest BCUT2D eigenvalue weighted by Crippen LogP contribution is -2.04. The van der Waals surface area contributed by atoms with E-state index in [1.807, 2.05) is 31.2 Å². The van der Waals surface area contributed by atoms with Gasteiger partial charge < -0.3 is 5.73 Å². The van der Waals surface area contributed by atoms with E-state index in [4.69, 9.17) is 5.73 Å². The van der Waals surface area contributed by atoms with Crippen molar-refractivity contribution in [2.75, 3.05) is 5.73 Å². The number of rotatable bonds is 2. The lowest BCUT2D eigenvalue weighted by atomic mass is 10.1. The zero-order chi connectivity index (χ0) is 15.0. The molecule has 4 nitrogen and oxygen atoms in total. The van der Waals surface area contributed by atoms with Crippen molar-refractivity contribution in [2.24, 2.45) is 0 Å². The molecule has 0 unspecified atom stereocenters. The van der Waals surface area contributed by atoms with Crippen LogP contribution in [0.4, 0.5) is 10.2 Å². The van der Waals surface area contributed by atoms with Gasteiger partial charge in [-0.1, -0.05) is 23.4 Å². The molecule has 0 atom stereocenters. The Morgan fingerprint density at radius 2 is 1.81 bits per heavy atom. The molecule has 0 amide bonds. The monoisotopic (exact) mass is 282 g/mol. The molecule has 21 heavy (non-hydrogen) atoms. The van der Waals surface area contributed by atoms with Crippen molar-refractivity contribution in [2.45, 2.75) is 13.8 Å². The van der Waals surface area contributed by atoms with Crippen molar-refractivity contribution in [3.05, 3.63) is 59.4 Å². The maximum atomic E-state index is 13.4. The first-order valence-electron chi connectivity index (χ1n) is 6.61. The number of benzene rings is 2. The first-order valence-corrected chi connectivity index (χ1v) is 6.61. The predicted molar refractivity (Wildman–Crippen MR) is 80.6 cm³/mol. The van der Waals surface area contributed by atoms with Crippen LogP contribution in [-0.2, 0) is 0 Å². The van der Waals surface area contributed by atoms with Crippen LogP contribution in [0.25, 0.3) is 16.9 Å². The largest absolute Gasteiger partial charge is 0.382 e. The van der Waals surface area contributed by atoms with Gasteiger partial charge in [-0.05, 0) is 49.2 Å². The highest BCUT2D eigenvalue weighted by atomic mass is 19.1. The third-order valence-corrected chi connectivity index (χ3v) is 3.48. The zero-order valence-corrected chi connectivity index (χ0v) is 11.8. The van der Waals surface area contributed by atoms with E-state index < -0.39 is 0 Å². The molecular formula is C16H15FN4. The van der Waals surface area contributed by atoms with Gasteiger partial charge >= 0.3 is 0 Å². The number of nitrogen functional groups attached to an aromatic ring is 1. The molecule has 0 saturated heterocycles. The molecule has 0 aliphatic carbocycles. The van der Waals surface area contributed by atoms with E-state index in [1.54, 1.807) is 23.7 Å². The molecule has 0 fully saturated rings. The Morgan fingerprint density at radius 3 is 2.52 bits per heavy atom. The van der Waals surface area contributed by atoms with Gasteiger partial charge in [-0.25, -0.2) is 4.39 Å². The number of hydrogen-bond acceptors (Lipinski definition) is 3. The second kappa shape index (κ2) is 5.01. The number of hydrogen-bond donors (Lipinski definition) is 1. The normalized spacial score (nSPS) is 10.8. The number of aromatic nitrogens is 3. The summed E-state index contributed by atoms with van der Waals surface area (Å²) in [5, 5.41) is 8.26. The minimum atomic E-state index is -0.247. The summed E-state index contributed by atoms with van der Waals surface area (Å²) >= 11 is 0. The van der Waals surface area contributed by atoms with Crippen molar-refractivity contribution in [3.63, 3.8) is 0 Å². The minimum Gasteiger partial charge on any atom is -0.382 e. The molecule has 0 radical (unpaired) electrons. The molecule has 106 valence electrons. The maximum absolute atomic E-state index is 13.4. The van der Waals surface area contributed by atoms with E-state index in [1.165, 1.54) is 6.07 Å². The summed E-state index contributed by atoms with van der Waals surface area (Å²) in [6.45, 7) is 3.69. The third kappa shape index (κ3) is 2.27. The number of aryl methyl sites for hydroxylation is 2. The average molecular weight is 282 g/mol. The molecule has 1 heterocycles. The first-order chi connectivity index (χ1) is 10.1. The molecule has 0 saturated carbocycles. The predicted octanol–water partition coefficient (Wildman–Crippen LogP) is 3.27. The number of halogens is 1. The summed E-state index contributed by atoms with van der Waals surface area (Å²) in [5.41, 5.74) is 9.97. The highest BCUT2D eigenvalue weighted by molar-refractivity contribution is 5.71. The van der Waals surface area contributed by atoms with Crippen LogP contribution in [0, 0.1) is 19.7 Å². The summed E-state index contributed by atoms with van der Waals surface area (Å²) in [5.74, 6) is 0.193. The van der Waals surface area contributed by atoms with E-state index in [2.05, 4.69) is 10.3 Å². The molecule has 2 aromatic carbocycles. The quantitative estimate of drug-likeness (QED) is 0.784. The van der Waals surface area contributed by atoms with Gasteiger partial charge in [0, 0.05) is 5.56 Å². The van der Waals surface area contributed by atoms with Gasteiger partial charge in [-0.15, -0.1) is 5.10 Å². The van der Waals surface area contributed by atoms with Crippen LogP contribution in [0.5, 0.6) is 0 Å². The van der Waals surface area contributed by atoms with Crippen molar-refractivity contribution in [3.8, 4) is 16.9 Å². The second-order valence-electron chi connectivity index (χ2n) is 4.99. The third-order valence-electron chi connectivity index (χ3n) is 3.48. The molecule has 0 aliphatic heterocycles. The Hall–Kier alpha value is -2.69. The summed E-state index contributed by atoms with van der Waals surface area (Å²) in [6.07, 6.45) is 0. The molecule has 0 bridgehead atoms.